The van der Waals surface area contributed by atoms with Crippen molar-refractivity contribution < 1.29 is 29.0 Å². The molecule has 0 unspecified atom stereocenters. The van der Waals surface area contributed by atoms with Crippen molar-refractivity contribution in [2.75, 3.05) is 6.79 Å². The van der Waals surface area contributed by atoms with Gasteiger partial charge in [0.2, 0.25) is 6.79 Å². The van der Waals surface area contributed by atoms with Gasteiger partial charge in [0.1, 0.15) is 21.5 Å². The first kappa shape index (κ1) is 26.7. The van der Waals surface area contributed by atoms with Crippen molar-refractivity contribution in [2.24, 2.45) is 0 Å². The summed E-state index contributed by atoms with van der Waals surface area (Å²) in [4.78, 5) is 9.85. The van der Waals surface area contributed by atoms with E-state index < -0.39 is 0 Å². The first-order valence-corrected chi connectivity index (χ1v) is 15.0. The zero-order valence-corrected chi connectivity index (χ0v) is 27.1. The number of hydrogen-bond donors (Lipinski definition) is 0. The molecule has 0 fully saturated rings. The molecule has 4 nitrogen and oxygen atoms in total. The Morgan fingerprint density at radius 2 is 0.905 bits per heavy atom. The maximum absolute atomic E-state index is 6.53. The number of ether oxygens (including phenoxy) is 2. The van der Waals surface area contributed by atoms with Crippen molar-refractivity contribution in [2.45, 2.75) is 0 Å². The molecule has 0 amide bonds. The zero-order valence-electron chi connectivity index (χ0n) is 22.5. The van der Waals surface area contributed by atoms with Gasteiger partial charge in [-0.25, -0.2) is 9.97 Å². The van der Waals surface area contributed by atoms with E-state index in [2.05, 4.69) is 60.7 Å². The van der Waals surface area contributed by atoms with E-state index in [1.165, 1.54) is 0 Å². The van der Waals surface area contributed by atoms with Crippen LogP contribution < -0.4 is 9.47 Å². The Kier molecular flexibility index (Phi) is 7.16. The number of thiazole rings is 2. The summed E-state index contributed by atoms with van der Waals surface area (Å²) in [6.45, 7) is 0.0395. The van der Waals surface area contributed by atoms with Crippen LogP contribution in [0.25, 0.3) is 63.1 Å². The maximum Gasteiger partial charge on any atom is 0.231 e. The fourth-order valence-corrected chi connectivity index (χ4v) is 7.23. The number of fused-ring (bicyclic) bond motifs is 4. The van der Waals surface area contributed by atoms with Gasteiger partial charge in [0, 0.05) is 30.3 Å². The van der Waals surface area contributed by atoms with E-state index >= 15 is 0 Å². The molecule has 0 spiro atoms. The van der Waals surface area contributed by atoms with Crippen LogP contribution >= 0.6 is 22.7 Å². The smallest absolute Gasteiger partial charge is 0.231 e. The molecule has 0 atom stereocenters. The van der Waals surface area contributed by atoms with Gasteiger partial charge in [-0.05, 0) is 47.2 Å². The Balaban J connectivity index is 0.00000288. The minimum absolute atomic E-state index is 0. The van der Waals surface area contributed by atoms with Crippen LogP contribution in [-0.4, -0.2) is 16.8 Å². The summed E-state index contributed by atoms with van der Waals surface area (Å²) in [6, 6.07) is 41.4. The van der Waals surface area contributed by atoms with Gasteiger partial charge in [0.05, 0.1) is 31.6 Å². The van der Waals surface area contributed by atoms with E-state index in [4.69, 9.17) is 19.4 Å². The van der Waals surface area contributed by atoms with Crippen LogP contribution in [0.3, 0.4) is 0 Å². The maximum atomic E-state index is 6.53. The topological polar surface area (TPSA) is 44.2 Å². The van der Waals surface area contributed by atoms with Gasteiger partial charge in [-0.3, -0.25) is 0 Å². The average Bonchev–Trinajstić information content (AvgIpc) is 3.65. The molecule has 7 heteroatoms. The largest absolute Gasteiger partial charge is 0.456 e. The van der Waals surface area contributed by atoms with Gasteiger partial charge in [-0.1, -0.05) is 84.9 Å². The van der Waals surface area contributed by atoms with Crippen LogP contribution in [0.15, 0.2) is 121 Å². The van der Waals surface area contributed by atoms with E-state index in [0.29, 0.717) is 0 Å². The molecule has 0 bridgehead atoms. The second-order valence-electron chi connectivity index (χ2n) is 9.71. The monoisotopic (exact) mass is 630 g/mol. The number of benzene rings is 6. The third-order valence-corrected chi connectivity index (χ3v) is 9.35. The Labute approximate surface area is 263 Å². The van der Waals surface area contributed by atoms with Gasteiger partial charge in [0.25, 0.3) is 0 Å². The molecule has 2 aromatic heterocycles. The summed E-state index contributed by atoms with van der Waals surface area (Å²) in [5.74, 6) is 1.54. The zero-order chi connectivity index (χ0) is 27.2. The molecule has 0 N–H and O–H groups in total. The fourth-order valence-electron chi connectivity index (χ4n) is 5.26. The molecule has 0 aliphatic heterocycles. The quantitative estimate of drug-likeness (QED) is 0.135. The number of nitrogens with zero attached hydrogens (tertiary/aromatic N) is 2. The van der Waals surface area contributed by atoms with Gasteiger partial charge >= 0.3 is 0 Å². The molecule has 0 radical (unpaired) electrons. The fraction of sp³-hybridized carbons (Fsp3) is 0.0286. The van der Waals surface area contributed by atoms with Crippen molar-refractivity contribution in [1.29, 1.82) is 0 Å². The van der Waals surface area contributed by atoms with Gasteiger partial charge < -0.3 is 9.47 Å². The molecular weight excluding hydrogens is 610 g/mol. The second-order valence-corrected chi connectivity index (χ2v) is 11.8. The van der Waals surface area contributed by atoms with Crippen molar-refractivity contribution in [1.82, 2.24) is 9.97 Å². The van der Waals surface area contributed by atoms with Crippen LogP contribution in [-0.2, 0) is 19.5 Å². The number of aromatic nitrogens is 2. The molecule has 0 saturated heterocycles. The average molecular weight is 632 g/mol. The molecule has 0 aliphatic rings. The summed E-state index contributed by atoms with van der Waals surface area (Å²) in [6.07, 6.45) is 0. The Hall–Kier alpha value is -4.16. The minimum Gasteiger partial charge on any atom is -0.456 e. The number of rotatable bonds is 6. The molecule has 8 rings (SSSR count). The first-order valence-electron chi connectivity index (χ1n) is 13.3. The van der Waals surface area contributed by atoms with Gasteiger partial charge in [-0.15, -0.1) is 22.7 Å². The van der Waals surface area contributed by atoms with Crippen LogP contribution in [0.4, 0.5) is 0 Å². The standard InChI is InChI=1S/C35H22N2O2S2.Zn/c1-3-11-24-22(9-1)17-19-26(34-36-28-13-5-7-15-30(28)40-34)32(24)38-21-39-33-25-12-4-2-10-23(25)18-20-27(33)35-37-29-14-6-8-16-31(29)41-35;/h1-20H,21H2;. The molecule has 6 aromatic carbocycles. The Morgan fingerprint density at radius 1 is 0.476 bits per heavy atom. The van der Waals surface area contributed by atoms with Crippen LogP contribution in [0.5, 0.6) is 11.5 Å². The van der Waals surface area contributed by atoms with E-state index in [-0.39, 0.29) is 26.3 Å². The van der Waals surface area contributed by atoms with E-state index in [1.54, 1.807) is 22.7 Å². The summed E-state index contributed by atoms with van der Waals surface area (Å²) >= 11 is 3.34. The third-order valence-electron chi connectivity index (χ3n) is 7.21. The molecule has 8 aromatic rings. The summed E-state index contributed by atoms with van der Waals surface area (Å²) in [5.41, 5.74) is 3.88. The van der Waals surface area contributed by atoms with Crippen molar-refractivity contribution in [3.63, 3.8) is 0 Å². The van der Waals surface area contributed by atoms with Gasteiger partial charge in [0.15, 0.2) is 0 Å². The molecule has 0 aliphatic carbocycles. The third kappa shape index (κ3) is 4.74. The molecule has 42 heavy (non-hydrogen) atoms. The predicted molar refractivity (Wildman–Crippen MR) is 171 cm³/mol. The second kappa shape index (κ2) is 11.3. The van der Waals surface area contributed by atoms with Gasteiger partial charge in [-0.2, -0.15) is 0 Å². The molecule has 2 heterocycles. The number of para-hydroxylation sites is 2. The van der Waals surface area contributed by atoms with Crippen LogP contribution in [0, 0.1) is 0 Å². The molecule has 0 saturated carbocycles. The molecule has 198 valence electrons. The molecular formula is C35H22N2O2S2Zn. The SMILES string of the molecule is [Zn].c1ccc2c(OCOc3c(-c4nc5ccccc5s4)ccc4ccccc34)c(-c3nc4ccccc4s3)ccc2c1. The minimum atomic E-state index is 0. The first-order chi connectivity index (χ1) is 20.3. The van der Waals surface area contributed by atoms with E-state index in [9.17, 15) is 0 Å². The summed E-state index contributed by atoms with van der Waals surface area (Å²) < 4.78 is 15.4. The number of hydrogen-bond acceptors (Lipinski definition) is 6. The summed E-state index contributed by atoms with van der Waals surface area (Å²) in [5, 5.41) is 6.11. The predicted octanol–water partition coefficient (Wildman–Crippen LogP) is 9.96. The van der Waals surface area contributed by atoms with E-state index in [1.807, 2.05) is 60.7 Å². The summed E-state index contributed by atoms with van der Waals surface area (Å²) in [7, 11) is 0. The van der Waals surface area contributed by atoms with Crippen molar-refractivity contribution >= 4 is 64.7 Å². The van der Waals surface area contributed by atoms with Crippen LogP contribution in [0.1, 0.15) is 0 Å². The normalized spacial score (nSPS) is 11.2. The van der Waals surface area contributed by atoms with E-state index in [0.717, 1.165) is 74.6 Å². The Bertz CT molecular complexity index is 2000. The Morgan fingerprint density at radius 3 is 1.38 bits per heavy atom. The van der Waals surface area contributed by atoms with Crippen molar-refractivity contribution in [3.05, 3.63) is 121 Å². The van der Waals surface area contributed by atoms with Crippen LogP contribution in [0.2, 0.25) is 0 Å². The van der Waals surface area contributed by atoms with Crippen molar-refractivity contribution in [3.8, 4) is 32.6 Å².